The molecule has 0 radical (unpaired) electrons. The minimum Gasteiger partial charge on any atom is -0.463 e. The van der Waals surface area contributed by atoms with Crippen LogP contribution in [-0.4, -0.2) is 12.6 Å². The average Bonchev–Trinajstić information content (AvgIpc) is 2.62. The van der Waals surface area contributed by atoms with E-state index in [0.717, 1.165) is 12.8 Å². The van der Waals surface area contributed by atoms with Gasteiger partial charge in [0.2, 0.25) is 0 Å². The molecule has 0 heterocycles. The lowest BCUT2D eigenvalue weighted by Crippen LogP contribution is -2.02. The van der Waals surface area contributed by atoms with Gasteiger partial charge in [-0.3, -0.25) is 0 Å². The van der Waals surface area contributed by atoms with Gasteiger partial charge in [0, 0.05) is 6.08 Å². The van der Waals surface area contributed by atoms with Crippen molar-refractivity contribution in [3.63, 3.8) is 0 Å². The van der Waals surface area contributed by atoms with Gasteiger partial charge in [-0.25, -0.2) is 4.79 Å². The fourth-order valence-corrected chi connectivity index (χ4v) is 3.03. The number of hydrogen-bond donors (Lipinski definition) is 0. The molecule has 0 fully saturated rings. The second-order valence-electron chi connectivity index (χ2n) is 7.31. The highest BCUT2D eigenvalue weighted by atomic mass is 16.5. The van der Waals surface area contributed by atoms with Gasteiger partial charge >= 0.3 is 5.97 Å². The molecule has 25 heavy (non-hydrogen) atoms. The lowest BCUT2D eigenvalue weighted by Gasteiger charge is -2.03. The summed E-state index contributed by atoms with van der Waals surface area (Å²) >= 11 is 0. The Kier molecular flexibility index (Phi) is 20.6. The van der Waals surface area contributed by atoms with Crippen molar-refractivity contribution >= 4 is 5.97 Å². The quantitative estimate of drug-likeness (QED) is 0.135. The van der Waals surface area contributed by atoms with E-state index in [9.17, 15) is 4.79 Å². The zero-order valence-electron chi connectivity index (χ0n) is 17.2. The Morgan fingerprint density at radius 3 is 1.60 bits per heavy atom. The first-order valence-corrected chi connectivity index (χ1v) is 11.1. The van der Waals surface area contributed by atoms with Gasteiger partial charge in [-0.05, 0) is 19.3 Å². The van der Waals surface area contributed by atoms with Gasteiger partial charge in [0.1, 0.15) is 0 Å². The Labute approximate surface area is 157 Å². The van der Waals surface area contributed by atoms with Crippen molar-refractivity contribution in [2.75, 3.05) is 6.61 Å². The third-order valence-corrected chi connectivity index (χ3v) is 4.72. The number of allylic oxidation sites excluding steroid dienone is 1. The van der Waals surface area contributed by atoms with E-state index < -0.39 is 0 Å². The largest absolute Gasteiger partial charge is 0.463 e. The molecular weight excluding hydrogens is 308 g/mol. The minimum atomic E-state index is -0.165. The Bertz CT molecular complexity index is 296. The maximum Gasteiger partial charge on any atom is 0.330 e. The van der Waals surface area contributed by atoms with Crippen molar-refractivity contribution in [2.24, 2.45) is 0 Å². The van der Waals surface area contributed by atoms with Crippen molar-refractivity contribution in [1.82, 2.24) is 0 Å². The van der Waals surface area contributed by atoms with Crippen LogP contribution in [0.3, 0.4) is 0 Å². The third kappa shape index (κ3) is 21.2. The fourth-order valence-electron chi connectivity index (χ4n) is 3.03. The molecule has 0 aromatic heterocycles. The highest BCUT2D eigenvalue weighted by molar-refractivity contribution is 5.81. The summed E-state index contributed by atoms with van der Waals surface area (Å²) in [6.07, 6.45) is 25.4. The Morgan fingerprint density at radius 1 is 0.640 bits per heavy atom. The summed E-state index contributed by atoms with van der Waals surface area (Å²) < 4.78 is 5.25. The zero-order chi connectivity index (χ0) is 18.4. The smallest absolute Gasteiger partial charge is 0.330 e. The van der Waals surface area contributed by atoms with E-state index in [1.807, 2.05) is 6.08 Å². The molecular formula is C23H44O2. The van der Waals surface area contributed by atoms with Crippen LogP contribution in [0.2, 0.25) is 0 Å². The average molecular weight is 353 g/mol. The zero-order valence-corrected chi connectivity index (χ0v) is 17.2. The number of ether oxygens (including phenoxy) is 1. The van der Waals surface area contributed by atoms with Gasteiger partial charge in [-0.15, -0.1) is 0 Å². The van der Waals surface area contributed by atoms with Gasteiger partial charge < -0.3 is 4.74 Å². The topological polar surface area (TPSA) is 26.3 Å². The molecule has 0 saturated heterocycles. The Hall–Kier alpha value is -0.790. The van der Waals surface area contributed by atoms with E-state index >= 15 is 0 Å². The van der Waals surface area contributed by atoms with E-state index in [-0.39, 0.29) is 5.97 Å². The SMILES string of the molecule is CCCCCCCCC=CC(=O)OCCCCCCCCCCCC. The van der Waals surface area contributed by atoms with Crippen molar-refractivity contribution in [1.29, 1.82) is 0 Å². The summed E-state index contributed by atoms with van der Waals surface area (Å²) in [7, 11) is 0. The van der Waals surface area contributed by atoms with Gasteiger partial charge in [0.05, 0.1) is 6.61 Å². The second-order valence-corrected chi connectivity index (χ2v) is 7.31. The maximum absolute atomic E-state index is 11.6. The molecule has 0 amide bonds. The molecule has 0 aliphatic rings. The van der Waals surface area contributed by atoms with Gasteiger partial charge in [0.25, 0.3) is 0 Å². The molecule has 0 aliphatic heterocycles. The molecule has 148 valence electrons. The van der Waals surface area contributed by atoms with Crippen LogP contribution < -0.4 is 0 Å². The first-order chi connectivity index (χ1) is 12.3. The van der Waals surface area contributed by atoms with E-state index in [1.165, 1.54) is 96.3 Å². The summed E-state index contributed by atoms with van der Waals surface area (Å²) in [6, 6.07) is 0. The first kappa shape index (κ1) is 24.2. The normalized spacial score (nSPS) is 11.3. The number of hydrogen-bond acceptors (Lipinski definition) is 2. The molecule has 2 heteroatoms. The maximum atomic E-state index is 11.6. The molecule has 0 aliphatic carbocycles. The molecule has 0 atom stereocenters. The van der Waals surface area contributed by atoms with Crippen molar-refractivity contribution in [3.05, 3.63) is 12.2 Å². The molecule has 0 aromatic rings. The highest BCUT2D eigenvalue weighted by Gasteiger charge is 1.97. The van der Waals surface area contributed by atoms with Crippen LogP contribution in [0.4, 0.5) is 0 Å². The standard InChI is InChI=1S/C23H44O2/c1-3-5-7-9-11-13-14-16-18-20-22-25-23(24)21-19-17-15-12-10-8-6-4-2/h19,21H,3-18,20,22H2,1-2H3. The number of carbonyl (C=O) groups excluding carboxylic acids is 1. The number of carbonyl (C=O) groups is 1. The van der Waals surface area contributed by atoms with Crippen LogP contribution in [0.15, 0.2) is 12.2 Å². The molecule has 0 unspecified atom stereocenters. The summed E-state index contributed by atoms with van der Waals surface area (Å²) in [5, 5.41) is 0. The monoisotopic (exact) mass is 352 g/mol. The Balaban J connectivity index is 3.23. The third-order valence-electron chi connectivity index (χ3n) is 4.72. The van der Waals surface area contributed by atoms with Crippen LogP contribution in [0.1, 0.15) is 123 Å². The lowest BCUT2D eigenvalue weighted by molar-refractivity contribution is -0.137. The van der Waals surface area contributed by atoms with E-state index in [0.29, 0.717) is 6.61 Å². The van der Waals surface area contributed by atoms with Crippen LogP contribution >= 0.6 is 0 Å². The van der Waals surface area contributed by atoms with E-state index in [4.69, 9.17) is 4.74 Å². The highest BCUT2D eigenvalue weighted by Crippen LogP contribution is 2.10. The molecule has 0 bridgehead atoms. The van der Waals surface area contributed by atoms with Gasteiger partial charge in [-0.1, -0.05) is 110 Å². The molecule has 2 nitrogen and oxygen atoms in total. The number of esters is 1. The minimum absolute atomic E-state index is 0.165. The summed E-state index contributed by atoms with van der Waals surface area (Å²) in [5.41, 5.74) is 0. The predicted octanol–water partition coefficient (Wildman–Crippen LogP) is 7.76. The van der Waals surface area contributed by atoms with Gasteiger partial charge in [-0.2, -0.15) is 0 Å². The first-order valence-electron chi connectivity index (χ1n) is 11.1. The second kappa shape index (κ2) is 21.3. The number of rotatable bonds is 19. The van der Waals surface area contributed by atoms with E-state index in [1.54, 1.807) is 6.08 Å². The number of unbranched alkanes of at least 4 members (excludes halogenated alkanes) is 15. The van der Waals surface area contributed by atoms with Crippen LogP contribution in [-0.2, 0) is 9.53 Å². The van der Waals surface area contributed by atoms with Crippen molar-refractivity contribution < 1.29 is 9.53 Å². The van der Waals surface area contributed by atoms with Crippen molar-refractivity contribution in [2.45, 2.75) is 123 Å². The van der Waals surface area contributed by atoms with Crippen molar-refractivity contribution in [3.8, 4) is 0 Å². The molecule has 0 saturated carbocycles. The Morgan fingerprint density at radius 2 is 1.08 bits per heavy atom. The van der Waals surface area contributed by atoms with Gasteiger partial charge in [0.15, 0.2) is 0 Å². The lowest BCUT2D eigenvalue weighted by atomic mass is 10.1. The molecule has 0 N–H and O–H groups in total. The van der Waals surface area contributed by atoms with Crippen LogP contribution in [0, 0.1) is 0 Å². The van der Waals surface area contributed by atoms with Crippen LogP contribution in [0.25, 0.3) is 0 Å². The molecule has 0 rings (SSSR count). The fraction of sp³-hybridized carbons (Fsp3) is 0.870. The summed E-state index contributed by atoms with van der Waals surface area (Å²) in [4.78, 5) is 11.6. The summed E-state index contributed by atoms with van der Waals surface area (Å²) in [6.45, 7) is 5.08. The van der Waals surface area contributed by atoms with E-state index in [2.05, 4.69) is 13.8 Å². The predicted molar refractivity (Wildman–Crippen MR) is 110 cm³/mol. The molecule has 0 spiro atoms. The van der Waals surface area contributed by atoms with Crippen LogP contribution in [0.5, 0.6) is 0 Å². The summed E-state index contributed by atoms with van der Waals surface area (Å²) in [5.74, 6) is -0.165. The molecule has 0 aromatic carbocycles.